The maximum absolute atomic E-state index is 14.6. The van der Waals surface area contributed by atoms with Gasteiger partial charge in [0, 0.05) is 22.8 Å². The first-order chi connectivity index (χ1) is 15.3. The first-order valence-electron chi connectivity index (χ1n) is 10.5. The van der Waals surface area contributed by atoms with Gasteiger partial charge in [-0.25, -0.2) is 8.78 Å². The van der Waals surface area contributed by atoms with Crippen molar-refractivity contribution in [2.45, 2.75) is 31.1 Å². The summed E-state index contributed by atoms with van der Waals surface area (Å²) >= 11 is 7.48. The highest BCUT2D eigenvalue weighted by Crippen LogP contribution is 2.32. The van der Waals surface area contributed by atoms with Crippen LogP contribution < -0.4 is 10.6 Å². The molecule has 1 aliphatic rings. The van der Waals surface area contributed by atoms with Gasteiger partial charge in [-0.15, -0.1) is 11.8 Å². The van der Waals surface area contributed by atoms with Gasteiger partial charge < -0.3 is 10.6 Å². The summed E-state index contributed by atoms with van der Waals surface area (Å²) in [4.78, 5) is 26.9. The molecule has 0 aromatic heterocycles. The van der Waals surface area contributed by atoms with Crippen LogP contribution in [0.3, 0.4) is 0 Å². The van der Waals surface area contributed by atoms with E-state index in [-0.39, 0.29) is 41.8 Å². The van der Waals surface area contributed by atoms with Gasteiger partial charge in [0.2, 0.25) is 11.8 Å². The summed E-state index contributed by atoms with van der Waals surface area (Å²) in [5, 5.41) is 5.42. The number of rotatable bonds is 9. The van der Waals surface area contributed by atoms with Crippen LogP contribution in [0.2, 0.25) is 5.02 Å². The number of carbonyl (C=O) groups is 2. The number of amides is 2. The van der Waals surface area contributed by atoms with E-state index in [1.165, 1.54) is 42.1 Å². The Balaban J connectivity index is 1.53. The Labute approximate surface area is 195 Å². The minimum atomic E-state index is -0.482. The van der Waals surface area contributed by atoms with Crippen LogP contribution in [-0.2, 0) is 9.59 Å². The van der Waals surface area contributed by atoms with E-state index in [9.17, 15) is 18.4 Å². The van der Waals surface area contributed by atoms with Crippen molar-refractivity contribution >= 4 is 40.9 Å². The van der Waals surface area contributed by atoms with Crippen molar-refractivity contribution in [2.24, 2.45) is 0 Å². The Morgan fingerprint density at radius 1 is 1.12 bits per heavy atom. The Morgan fingerprint density at radius 3 is 2.47 bits per heavy atom. The molecule has 2 unspecified atom stereocenters. The van der Waals surface area contributed by atoms with E-state index in [1.807, 2.05) is 0 Å². The lowest BCUT2D eigenvalue weighted by Crippen LogP contribution is -2.40. The minimum absolute atomic E-state index is 0.0701. The number of thioether (sulfide) groups is 1. The monoisotopic (exact) mass is 481 g/mol. The lowest BCUT2D eigenvalue weighted by atomic mass is 10.0. The van der Waals surface area contributed by atoms with Gasteiger partial charge in [0.05, 0.1) is 17.0 Å². The van der Waals surface area contributed by atoms with E-state index >= 15 is 0 Å². The molecule has 0 radical (unpaired) electrons. The summed E-state index contributed by atoms with van der Waals surface area (Å²) in [5.74, 6) is -1.22. The molecule has 5 nitrogen and oxygen atoms in total. The number of hydrogen-bond donors (Lipinski definition) is 2. The number of nitrogens with one attached hydrogen (secondary N) is 2. The van der Waals surface area contributed by atoms with Crippen LogP contribution in [0.4, 0.5) is 14.5 Å². The van der Waals surface area contributed by atoms with Crippen molar-refractivity contribution < 1.29 is 18.4 Å². The fraction of sp³-hybridized carbons (Fsp3) is 0.391. The number of carbonyl (C=O) groups excluding carboxylic acids is 2. The van der Waals surface area contributed by atoms with Gasteiger partial charge >= 0.3 is 0 Å². The largest absolute Gasteiger partial charge is 0.353 e. The summed E-state index contributed by atoms with van der Waals surface area (Å²) in [5.41, 5.74) is 0.889. The van der Waals surface area contributed by atoms with Crippen LogP contribution in [0.1, 0.15) is 31.4 Å². The van der Waals surface area contributed by atoms with Gasteiger partial charge in [0.1, 0.15) is 11.6 Å². The first-order valence-corrected chi connectivity index (χ1v) is 11.9. The Kier molecular flexibility index (Phi) is 8.90. The zero-order valence-corrected chi connectivity index (χ0v) is 19.3. The lowest BCUT2D eigenvalue weighted by Gasteiger charge is -2.29. The molecule has 9 heteroatoms. The summed E-state index contributed by atoms with van der Waals surface area (Å²) in [6.45, 7) is 3.58. The average Bonchev–Trinajstić information content (AvgIpc) is 3.30. The highest BCUT2D eigenvalue weighted by atomic mass is 35.5. The third-order valence-electron chi connectivity index (χ3n) is 5.35. The van der Waals surface area contributed by atoms with Gasteiger partial charge in [0.25, 0.3) is 0 Å². The number of anilines is 1. The van der Waals surface area contributed by atoms with E-state index in [0.717, 1.165) is 25.9 Å². The molecule has 2 aromatic rings. The van der Waals surface area contributed by atoms with E-state index in [2.05, 4.69) is 15.5 Å². The molecule has 1 fully saturated rings. The normalized spacial score (nSPS) is 15.9. The zero-order chi connectivity index (χ0) is 23.1. The number of halogens is 3. The second kappa shape index (κ2) is 11.6. The Bertz CT molecular complexity index is 919. The van der Waals surface area contributed by atoms with Crippen LogP contribution >= 0.6 is 23.4 Å². The van der Waals surface area contributed by atoms with Crippen molar-refractivity contribution in [3.63, 3.8) is 0 Å². The molecule has 32 heavy (non-hydrogen) atoms. The van der Waals surface area contributed by atoms with Crippen molar-refractivity contribution in [1.82, 2.24) is 10.2 Å². The quantitative estimate of drug-likeness (QED) is 0.548. The maximum atomic E-state index is 14.6. The molecule has 3 rings (SSSR count). The summed E-state index contributed by atoms with van der Waals surface area (Å²) in [7, 11) is 0. The molecule has 2 amide bonds. The van der Waals surface area contributed by atoms with Crippen molar-refractivity contribution in [2.75, 3.05) is 30.7 Å². The second-order valence-electron chi connectivity index (χ2n) is 7.65. The fourth-order valence-corrected chi connectivity index (χ4v) is 4.64. The Hall–Kier alpha value is -2.16. The van der Waals surface area contributed by atoms with Crippen molar-refractivity contribution in [3.8, 4) is 0 Å². The van der Waals surface area contributed by atoms with Gasteiger partial charge in [-0.2, -0.15) is 0 Å². The smallest absolute Gasteiger partial charge is 0.234 e. The van der Waals surface area contributed by atoms with Crippen LogP contribution in [0.15, 0.2) is 42.5 Å². The van der Waals surface area contributed by atoms with Crippen molar-refractivity contribution in [1.29, 1.82) is 0 Å². The zero-order valence-electron chi connectivity index (χ0n) is 17.7. The number of benzene rings is 2. The third-order valence-corrected chi connectivity index (χ3v) is 6.82. The first kappa shape index (κ1) is 24.5. The van der Waals surface area contributed by atoms with Gasteiger partial charge in [0.15, 0.2) is 0 Å². The van der Waals surface area contributed by atoms with Crippen molar-refractivity contribution in [3.05, 3.63) is 64.7 Å². The molecule has 0 spiro atoms. The predicted octanol–water partition coefficient (Wildman–Crippen LogP) is 4.63. The van der Waals surface area contributed by atoms with Gasteiger partial charge in [-0.05, 0) is 69.3 Å². The molecule has 172 valence electrons. The third kappa shape index (κ3) is 6.67. The minimum Gasteiger partial charge on any atom is -0.353 e. The summed E-state index contributed by atoms with van der Waals surface area (Å²) < 4.78 is 27.5. The number of hydrogen-bond acceptors (Lipinski definition) is 4. The molecular formula is C23H26ClF2N3O2S. The number of likely N-dealkylation sites (tertiary alicyclic amines) is 1. The molecular weight excluding hydrogens is 456 g/mol. The molecule has 0 aliphatic carbocycles. The van der Waals surface area contributed by atoms with Crippen LogP contribution in [0.5, 0.6) is 0 Å². The topological polar surface area (TPSA) is 61.4 Å². The highest BCUT2D eigenvalue weighted by molar-refractivity contribution is 8.01. The molecule has 0 bridgehead atoms. The maximum Gasteiger partial charge on any atom is 0.234 e. The van der Waals surface area contributed by atoms with Crippen LogP contribution in [-0.4, -0.2) is 47.4 Å². The molecule has 2 N–H and O–H groups in total. The second-order valence-corrected chi connectivity index (χ2v) is 9.38. The van der Waals surface area contributed by atoms with E-state index in [0.29, 0.717) is 16.3 Å². The standard InChI is InChI=1S/C23H26ClF2N3O2S/c1-15(32-14-21(30)28-17-9-7-16(25)8-10-17)23(31)27-13-20(29-11-2-3-12-29)22-18(24)5-4-6-19(22)26/h4-10,15,20H,2-3,11-14H2,1H3,(H,27,31)(H,28,30). The molecule has 1 aliphatic heterocycles. The summed E-state index contributed by atoms with van der Waals surface area (Å²) in [6, 6.07) is 9.72. The summed E-state index contributed by atoms with van der Waals surface area (Å²) in [6.07, 6.45) is 2.04. The predicted molar refractivity (Wildman–Crippen MR) is 125 cm³/mol. The van der Waals surface area contributed by atoms with Gasteiger partial charge in [-0.3, -0.25) is 14.5 Å². The van der Waals surface area contributed by atoms with Crippen LogP contribution in [0.25, 0.3) is 0 Å². The molecule has 2 aromatic carbocycles. The average molecular weight is 482 g/mol. The SMILES string of the molecule is CC(SCC(=O)Nc1ccc(F)cc1)C(=O)NCC(c1c(F)cccc1Cl)N1CCCC1. The van der Waals surface area contributed by atoms with E-state index in [1.54, 1.807) is 19.1 Å². The lowest BCUT2D eigenvalue weighted by molar-refractivity contribution is -0.120. The molecule has 1 heterocycles. The number of nitrogens with zero attached hydrogens (tertiary/aromatic N) is 1. The molecule has 1 saturated heterocycles. The van der Waals surface area contributed by atoms with Gasteiger partial charge in [-0.1, -0.05) is 17.7 Å². The van der Waals surface area contributed by atoms with E-state index in [4.69, 9.17) is 11.6 Å². The highest BCUT2D eigenvalue weighted by Gasteiger charge is 2.28. The Morgan fingerprint density at radius 2 is 1.81 bits per heavy atom. The molecule has 0 saturated carbocycles. The van der Waals surface area contributed by atoms with E-state index < -0.39 is 5.25 Å². The fourth-order valence-electron chi connectivity index (χ4n) is 3.64. The van der Waals surface area contributed by atoms with Crippen LogP contribution in [0, 0.1) is 11.6 Å². The molecule has 2 atom stereocenters.